The van der Waals surface area contributed by atoms with E-state index < -0.39 is 0 Å². The number of benzene rings is 5. The van der Waals surface area contributed by atoms with E-state index in [-0.39, 0.29) is 23.0 Å². The van der Waals surface area contributed by atoms with Crippen LogP contribution in [0.5, 0.6) is 0 Å². The van der Waals surface area contributed by atoms with Gasteiger partial charge in [-0.15, -0.1) is 0 Å². The van der Waals surface area contributed by atoms with Crippen LogP contribution in [0.15, 0.2) is 147 Å². The summed E-state index contributed by atoms with van der Waals surface area (Å²) >= 11 is 0. The molecule has 0 aromatic heterocycles. The minimum absolute atomic E-state index is 0.0186. The fraction of sp³-hybridized carbons (Fsp3) is 0.259. The van der Waals surface area contributed by atoms with Gasteiger partial charge in [0.25, 0.3) is 6.71 Å². The number of nitrogens with zero attached hydrogens (tertiary/aromatic N) is 2. The molecule has 0 spiro atoms. The van der Waals surface area contributed by atoms with Gasteiger partial charge in [-0.1, -0.05) is 167 Å². The third-order valence-corrected chi connectivity index (χ3v) is 12.1. The second-order valence-corrected chi connectivity index (χ2v) is 19.1. The maximum Gasteiger partial charge on any atom is 0.252 e. The molecule has 57 heavy (non-hydrogen) atoms. The Morgan fingerprint density at radius 3 is 1.70 bits per heavy atom. The summed E-state index contributed by atoms with van der Waals surface area (Å²) in [6.45, 7) is 29.2. The van der Waals surface area contributed by atoms with Crippen LogP contribution in [-0.2, 0) is 16.2 Å². The zero-order chi connectivity index (χ0) is 40.4. The molecule has 0 unspecified atom stereocenters. The minimum atomic E-state index is -0.0289. The first-order valence-corrected chi connectivity index (χ1v) is 20.7. The molecule has 3 aliphatic rings. The lowest BCUT2D eigenvalue weighted by atomic mass is 9.33. The van der Waals surface area contributed by atoms with Crippen molar-refractivity contribution in [2.75, 3.05) is 9.80 Å². The molecule has 0 N–H and O–H groups in total. The largest absolute Gasteiger partial charge is 0.311 e. The molecule has 5 aromatic rings. The predicted molar refractivity (Wildman–Crippen MR) is 251 cm³/mol. The Morgan fingerprint density at radius 1 is 0.596 bits per heavy atom. The summed E-state index contributed by atoms with van der Waals surface area (Å²) in [6, 6.07) is 37.6. The van der Waals surface area contributed by atoms with Gasteiger partial charge in [-0.3, -0.25) is 0 Å². The number of hydrogen-bond acceptors (Lipinski definition) is 2. The number of allylic oxidation sites excluding steroid dienone is 8. The molecule has 286 valence electrons. The summed E-state index contributed by atoms with van der Waals surface area (Å²) in [5, 5.41) is 0. The highest BCUT2D eigenvalue weighted by Crippen LogP contribution is 2.48. The van der Waals surface area contributed by atoms with Crippen molar-refractivity contribution < 1.29 is 0 Å². The van der Waals surface area contributed by atoms with Gasteiger partial charge in [0.2, 0.25) is 0 Å². The second-order valence-electron chi connectivity index (χ2n) is 19.1. The van der Waals surface area contributed by atoms with Crippen molar-refractivity contribution >= 4 is 68.4 Å². The van der Waals surface area contributed by atoms with E-state index in [1.165, 1.54) is 72.7 Å². The predicted octanol–water partition coefficient (Wildman–Crippen LogP) is 13.2. The van der Waals surface area contributed by atoms with E-state index in [1.807, 2.05) is 12.2 Å². The molecule has 0 amide bonds. The lowest BCUT2D eigenvalue weighted by Crippen LogP contribution is -2.61. The van der Waals surface area contributed by atoms with Crippen molar-refractivity contribution in [3.8, 4) is 0 Å². The van der Waals surface area contributed by atoms with Gasteiger partial charge in [0.15, 0.2) is 0 Å². The van der Waals surface area contributed by atoms with Gasteiger partial charge in [-0.2, -0.15) is 0 Å². The zero-order valence-corrected chi connectivity index (χ0v) is 35.5. The first-order valence-electron chi connectivity index (χ1n) is 20.7. The number of anilines is 6. The zero-order valence-electron chi connectivity index (χ0n) is 35.5. The smallest absolute Gasteiger partial charge is 0.252 e. The standard InChI is InChI=1S/C54H57BN2/c1-12-19-36(13-2)43-22-17-18-23-46(43)57-48-31-27-41(54(9,10)11)35-45(48)55-44-34-40(53(6,7)8)26-30-47(44)56(42-28-24-39(25-29-42)52(3,4)5)49-32-38(33-50(57)51(49)55)37-20-15-14-16-21-37/h12-13,15,17-35H,1-2,14,16H2,3-11H3/b36-19+. The van der Waals surface area contributed by atoms with Gasteiger partial charge in [-0.25, -0.2) is 0 Å². The first-order chi connectivity index (χ1) is 27.1. The third-order valence-electron chi connectivity index (χ3n) is 12.1. The fourth-order valence-corrected chi connectivity index (χ4v) is 8.89. The molecule has 8 rings (SSSR count). The monoisotopic (exact) mass is 744 g/mol. The summed E-state index contributed by atoms with van der Waals surface area (Å²) in [5.74, 6) is 0. The number of hydrogen-bond donors (Lipinski definition) is 0. The van der Waals surface area contributed by atoms with Crippen LogP contribution in [0.3, 0.4) is 0 Å². The summed E-state index contributed by atoms with van der Waals surface area (Å²) in [5.41, 5.74) is 19.9. The first kappa shape index (κ1) is 38.3. The molecule has 5 aromatic carbocycles. The Hall–Kier alpha value is -5.54. The van der Waals surface area contributed by atoms with Gasteiger partial charge in [0, 0.05) is 34.0 Å². The average Bonchev–Trinajstić information content (AvgIpc) is 3.18. The van der Waals surface area contributed by atoms with Crippen LogP contribution in [-0.4, -0.2) is 6.71 Å². The van der Waals surface area contributed by atoms with Crippen LogP contribution >= 0.6 is 0 Å². The maximum absolute atomic E-state index is 4.25. The lowest BCUT2D eigenvalue weighted by molar-refractivity contribution is 0.590. The average molecular weight is 745 g/mol. The Bertz CT molecular complexity index is 2510. The minimum Gasteiger partial charge on any atom is -0.311 e. The Balaban J connectivity index is 1.53. The van der Waals surface area contributed by atoms with Gasteiger partial charge in [-0.05, 0) is 121 Å². The van der Waals surface area contributed by atoms with E-state index in [0.29, 0.717) is 0 Å². The molecule has 2 nitrogen and oxygen atoms in total. The molecule has 2 aliphatic heterocycles. The van der Waals surface area contributed by atoms with Crippen molar-refractivity contribution in [1.82, 2.24) is 0 Å². The number of para-hydroxylation sites is 1. The quantitative estimate of drug-likeness (QED) is 0.124. The van der Waals surface area contributed by atoms with Crippen molar-refractivity contribution in [1.29, 1.82) is 0 Å². The van der Waals surface area contributed by atoms with E-state index in [4.69, 9.17) is 0 Å². The van der Waals surface area contributed by atoms with Crippen molar-refractivity contribution in [2.45, 2.75) is 91.4 Å². The summed E-state index contributed by atoms with van der Waals surface area (Å²) < 4.78 is 0. The molecule has 1 aliphatic carbocycles. The highest BCUT2D eigenvalue weighted by atomic mass is 15.2. The second kappa shape index (κ2) is 14.1. The van der Waals surface area contributed by atoms with E-state index in [9.17, 15) is 0 Å². The van der Waals surface area contributed by atoms with Crippen LogP contribution in [0.25, 0.3) is 11.1 Å². The highest BCUT2D eigenvalue weighted by molar-refractivity contribution is 7.00. The molecular formula is C54H57BN2. The van der Waals surface area contributed by atoms with Crippen molar-refractivity contribution in [3.63, 3.8) is 0 Å². The van der Waals surface area contributed by atoms with E-state index in [0.717, 1.165) is 29.7 Å². The third kappa shape index (κ3) is 6.76. The Labute approximate surface area is 342 Å². The molecule has 0 bridgehead atoms. The van der Waals surface area contributed by atoms with Crippen LogP contribution < -0.4 is 26.2 Å². The number of rotatable bonds is 6. The van der Waals surface area contributed by atoms with Gasteiger partial charge in [0.1, 0.15) is 0 Å². The van der Waals surface area contributed by atoms with Gasteiger partial charge >= 0.3 is 0 Å². The maximum atomic E-state index is 4.25. The van der Waals surface area contributed by atoms with Crippen LogP contribution in [0.4, 0.5) is 34.1 Å². The van der Waals surface area contributed by atoms with Crippen molar-refractivity contribution in [3.05, 3.63) is 174 Å². The highest BCUT2D eigenvalue weighted by Gasteiger charge is 2.45. The van der Waals surface area contributed by atoms with Crippen molar-refractivity contribution in [2.24, 2.45) is 0 Å². The molecule has 0 saturated heterocycles. The summed E-state index contributed by atoms with van der Waals surface area (Å²) in [4.78, 5) is 5.10. The SMILES string of the molecule is C=C/C=C(\C=C)c1ccccc1N1c2ccc(C(C)(C)C)cc2B2c3cc(C(C)(C)C)ccc3N(c3ccc(C(C)(C)C)cc3)c3cc(C4=CCCC=C4)cc1c32. The van der Waals surface area contributed by atoms with E-state index in [1.54, 1.807) is 0 Å². The van der Waals surface area contributed by atoms with Gasteiger partial charge in [0.05, 0.1) is 5.69 Å². The van der Waals surface area contributed by atoms with Crippen LogP contribution in [0.1, 0.15) is 103 Å². The fourth-order valence-electron chi connectivity index (χ4n) is 8.89. The molecule has 0 atom stereocenters. The molecule has 0 radical (unpaired) electrons. The summed E-state index contributed by atoms with van der Waals surface area (Å²) in [7, 11) is 0. The van der Waals surface area contributed by atoms with E-state index in [2.05, 4.69) is 207 Å². The Morgan fingerprint density at radius 2 is 1.16 bits per heavy atom. The molecule has 0 saturated carbocycles. The normalized spacial score (nSPS) is 15.1. The Kier molecular flexibility index (Phi) is 9.51. The van der Waals surface area contributed by atoms with Crippen LogP contribution in [0, 0.1) is 0 Å². The lowest BCUT2D eigenvalue weighted by Gasteiger charge is -2.45. The number of fused-ring (bicyclic) bond motifs is 4. The molecule has 2 heterocycles. The molecule has 0 fully saturated rings. The topological polar surface area (TPSA) is 6.48 Å². The molecule has 3 heteroatoms. The van der Waals surface area contributed by atoms with Crippen LogP contribution in [0.2, 0.25) is 0 Å². The molecular weight excluding hydrogens is 687 g/mol. The van der Waals surface area contributed by atoms with E-state index >= 15 is 0 Å². The van der Waals surface area contributed by atoms with Gasteiger partial charge < -0.3 is 9.80 Å². The summed E-state index contributed by atoms with van der Waals surface area (Å²) in [6.07, 6.45) is 15.0.